The Bertz CT molecular complexity index is 343. The highest BCUT2D eigenvalue weighted by molar-refractivity contribution is 5.59. The molecule has 1 atom stereocenters. The van der Waals surface area contributed by atoms with Crippen molar-refractivity contribution in [1.82, 2.24) is 5.32 Å². The largest absolute Gasteiger partial charge is 0.488 e. The van der Waals surface area contributed by atoms with Gasteiger partial charge >= 0.3 is 0 Å². The lowest BCUT2D eigenvalue weighted by Gasteiger charge is -2.16. The first kappa shape index (κ1) is 12.4. The standard InChI is InChI=1S/C14H19NO/c1-4-8-12(2)16-14(11-15-3)13-9-6-5-7-10-13/h4-7,9-12,15H,1,8H2,2-3H3/b14-11-. The second kappa shape index (κ2) is 6.72. The zero-order chi connectivity index (χ0) is 11.8. The molecule has 0 saturated carbocycles. The van der Waals surface area contributed by atoms with Gasteiger partial charge in [0.2, 0.25) is 0 Å². The molecule has 0 heterocycles. The summed E-state index contributed by atoms with van der Waals surface area (Å²) < 4.78 is 5.84. The van der Waals surface area contributed by atoms with Crippen LogP contribution in [0.1, 0.15) is 18.9 Å². The van der Waals surface area contributed by atoms with Crippen molar-refractivity contribution in [2.75, 3.05) is 7.05 Å². The summed E-state index contributed by atoms with van der Waals surface area (Å²) in [5.74, 6) is 0.859. The lowest BCUT2D eigenvalue weighted by atomic mass is 10.2. The zero-order valence-electron chi connectivity index (χ0n) is 9.94. The molecule has 1 aromatic rings. The predicted molar refractivity (Wildman–Crippen MR) is 68.8 cm³/mol. The molecule has 2 nitrogen and oxygen atoms in total. The van der Waals surface area contributed by atoms with Crippen LogP contribution >= 0.6 is 0 Å². The number of ether oxygens (including phenoxy) is 1. The molecule has 1 unspecified atom stereocenters. The molecule has 0 spiro atoms. The van der Waals surface area contributed by atoms with Gasteiger partial charge < -0.3 is 10.1 Å². The molecule has 16 heavy (non-hydrogen) atoms. The topological polar surface area (TPSA) is 21.3 Å². The van der Waals surface area contributed by atoms with Crippen LogP contribution in [0.4, 0.5) is 0 Å². The van der Waals surface area contributed by atoms with Gasteiger partial charge in [0.25, 0.3) is 0 Å². The molecule has 0 aromatic heterocycles. The van der Waals surface area contributed by atoms with Gasteiger partial charge in [-0.1, -0.05) is 36.4 Å². The fraction of sp³-hybridized carbons (Fsp3) is 0.286. The maximum atomic E-state index is 5.84. The van der Waals surface area contributed by atoms with E-state index in [1.165, 1.54) is 0 Å². The van der Waals surface area contributed by atoms with Gasteiger partial charge in [-0.25, -0.2) is 0 Å². The molecule has 1 aromatic carbocycles. The molecule has 86 valence electrons. The minimum absolute atomic E-state index is 0.136. The van der Waals surface area contributed by atoms with Crippen molar-refractivity contribution < 1.29 is 4.74 Å². The summed E-state index contributed by atoms with van der Waals surface area (Å²) in [5, 5.41) is 3.00. The van der Waals surface area contributed by atoms with Crippen molar-refractivity contribution in [2.45, 2.75) is 19.4 Å². The summed E-state index contributed by atoms with van der Waals surface area (Å²) in [6.45, 7) is 5.75. The van der Waals surface area contributed by atoms with E-state index >= 15 is 0 Å². The van der Waals surface area contributed by atoms with Gasteiger partial charge in [-0.2, -0.15) is 0 Å². The van der Waals surface area contributed by atoms with Gasteiger partial charge in [-0.05, 0) is 6.92 Å². The van der Waals surface area contributed by atoms with Crippen LogP contribution in [-0.4, -0.2) is 13.2 Å². The van der Waals surface area contributed by atoms with Crippen molar-refractivity contribution >= 4 is 5.76 Å². The van der Waals surface area contributed by atoms with Crippen molar-refractivity contribution in [3.63, 3.8) is 0 Å². The van der Waals surface area contributed by atoms with Crippen LogP contribution in [0.3, 0.4) is 0 Å². The summed E-state index contributed by atoms with van der Waals surface area (Å²) in [6.07, 6.45) is 4.72. The predicted octanol–water partition coefficient (Wildman–Crippen LogP) is 3.19. The van der Waals surface area contributed by atoms with Gasteiger partial charge in [0.1, 0.15) is 5.76 Å². The summed E-state index contributed by atoms with van der Waals surface area (Å²) in [6, 6.07) is 10.1. The molecule has 0 bridgehead atoms. The number of benzene rings is 1. The van der Waals surface area contributed by atoms with Crippen molar-refractivity contribution in [3.8, 4) is 0 Å². The molecular formula is C14H19NO. The number of nitrogens with one attached hydrogen (secondary N) is 1. The van der Waals surface area contributed by atoms with Crippen molar-refractivity contribution in [2.24, 2.45) is 0 Å². The molecule has 1 N–H and O–H groups in total. The second-order valence-electron chi connectivity index (χ2n) is 3.62. The van der Waals surface area contributed by atoms with Gasteiger partial charge in [-0.15, -0.1) is 6.58 Å². The Morgan fingerprint density at radius 1 is 1.44 bits per heavy atom. The molecule has 0 radical (unpaired) electrons. The van der Waals surface area contributed by atoms with Crippen LogP contribution in [0.5, 0.6) is 0 Å². The van der Waals surface area contributed by atoms with E-state index in [1.807, 2.05) is 56.6 Å². The fourth-order valence-electron chi connectivity index (χ4n) is 1.42. The lowest BCUT2D eigenvalue weighted by Crippen LogP contribution is -2.08. The van der Waals surface area contributed by atoms with Crippen LogP contribution < -0.4 is 5.32 Å². The molecular weight excluding hydrogens is 198 g/mol. The summed E-state index contributed by atoms with van der Waals surface area (Å²) in [7, 11) is 1.87. The molecule has 1 rings (SSSR count). The Morgan fingerprint density at radius 3 is 2.69 bits per heavy atom. The number of hydrogen-bond donors (Lipinski definition) is 1. The Kier molecular flexibility index (Phi) is 5.20. The minimum atomic E-state index is 0.136. The molecule has 0 fully saturated rings. The average Bonchev–Trinajstić information content (AvgIpc) is 2.30. The third-order valence-electron chi connectivity index (χ3n) is 2.16. The second-order valence-corrected chi connectivity index (χ2v) is 3.62. The van der Waals surface area contributed by atoms with Crippen LogP contribution in [0, 0.1) is 0 Å². The maximum Gasteiger partial charge on any atom is 0.142 e. The van der Waals surface area contributed by atoms with E-state index in [-0.39, 0.29) is 6.10 Å². The van der Waals surface area contributed by atoms with Gasteiger partial charge in [0.05, 0.1) is 6.10 Å². The smallest absolute Gasteiger partial charge is 0.142 e. The molecule has 0 aliphatic rings. The molecule has 0 aliphatic heterocycles. The highest BCUT2D eigenvalue weighted by Crippen LogP contribution is 2.17. The van der Waals surface area contributed by atoms with Gasteiger partial charge in [0, 0.05) is 25.2 Å². The van der Waals surface area contributed by atoms with Crippen LogP contribution in [-0.2, 0) is 4.74 Å². The first-order chi connectivity index (χ1) is 7.77. The highest BCUT2D eigenvalue weighted by atomic mass is 16.5. The molecule has 0 amide bonds. The zero-order valence-corrected chi connectivity index (χ0v) is 9.94. The third kappa shape index (κ3) is 3.81. The number of rotatable bonds is 6. The third-order valence-corrected chi connectivity index (χ3v) is 2.16. The fourth-order valence-corrected chi connectivity index (χ4v) is 1.42. The Labute approximate surface area is 97.6 Å². The van der Waals surface area contributed by atoms with E-state index in [0.717, 1.165) is 17.7 Å². The van der Waals surface area contributed by atoms with E-state index in [9.17, 15) is 0 Å². The van der Waals surface area contributed by atoms with E-state index in [2.05, 4.69) is 11.9 Å². The summed E-state index contributed by atoms with van der Waals surface area (Å²) in [4.78, 5) is 0. The van der Waals surface area contributed by atoms with E-state index in [0.29, 0.717) is 0 Å². The van der Waals surface area contributed by atoms with Crippen LogP contribution in [0.25, 0.3) is 5.76 Å². The quantitative estimate of drug-likeness (QED) is 0.583. The maximum absolute atomic E-state index is 5.84. The Morgan fingerprint density at radius 2 is 2.12 bits per heavy atom. The monoisotopic (exact) mass is 217 g/mol. The number of hydrogen-bond acceptors (Lipinski definition) is 2. The summed E-state index contributed by atoms with van der Waals surface area (Å²) >= 11 is 0. The minimum Gasteiger partial charge on any atom is -0.488 e. The highest BCUT2D eigenvalue weighted by Gasteiger charge is 2.06. The molecule has 2 heteroatoms. The van der Waals surface area contributed by atoms with Crippen LogP contribution in [0.15, 0.2) is 49.2 Å². The summed E-state index contributed by atoms with van der Waals surface area (Å²) in [5.41, 5.74) is 1.08. The Balaban J connectivity index is 2.77. The first-order valence-electron chi connectivity index (χ1n) is 5.48. The van der Waals surface area contributed by atoms with Gasteiger partial charge in [0.15, 0.2) is 0 Å². The van der Waals surface area contributed by atoms with E-state index < -0.39 is 0 Å². The Hall–Kier alpha value is -1.70. The van der Waals surface area contributed by atoms with E-state index in [1.54, 1.807) is 0 Å². The van der Waals surface area contributed by atoms with Gasteiger partial charge in [-0.3, -0.25) is 0 Å². The first-order valence-corrected chi connectivity index (χ1v) is 5.48. The average molecular weight is 217 g/mol. The van der Waals surface area contributed by atoms with Crippen molar-refractivity contribution in [1.29, 1.82) is 0 Å². The normalized spacial score (nSPS) is 13.0. The lowest BCUT2D eigenvalue weighted by molar-refractivity contribution is 0.187. The molecule has 0 saturated heterocycles. The molecule has 0 aliphatic carbocycles. The SMILES string of the molecule is C=CCC(C)O/C(=C\NC)c1ccccc1. The van der Waals surface area contributed by atoms with E-state index in [4.69, 9.17) is 4.74 Å². The van der Waals surface area contributed by atoms with Crippen molar-refractivity contribution in [3.05, 3.63) is 54.8 Å². The van der Waals surface area contributed by atoms with Crippen LogP contribution in [0.2, 0.25) is 0 Å².